The minimum Gasteiger partial charge on any atom is -0.477 e. The minimum absolute atomic E-state index is 0.0296. The van der Waals surface area contributed by atoms with Crippen LogP contribution in [0.1, 0.15) is 85.0 Å². The first-order valence-corrected chi connectivity index (χ1v) is 22.9. The molecule has 0 spiro atoms. The van der Waals surface area contributed by atoms with Crippen molar-refractivity contribution in [3.63, 3.8) is 0 Å². The number of nitrogens with one attached hydrogen (secondary N) is 1. The van der Waals surface area contributed by atoms with E-state index in [1.165, 1.54) is 22.8 Å². The Labute approximate surface area is 363 Å². The zero-order valence-corrected chi connectivity index (χ0v) is 36.2. The highest BCUT2D eigenvalue weighted by Gasteiger charge is 2.30. The van der Waals surface area contributed by atoms with Gasteiger partial charge < -0.3 is 19.1 Å². The molecular formula is C47H51ClN6O6S. The monoisotopic (exact) mass is 862 g/mol. The summed E-state index contributed by atoms with van der Waals surface area (Å²) < 4.78 is 47.2. The summed E-state index contributed by atoms with van der Waals surface area (Å²) in [6.07, 6.45) is 8.74. The number of nitriles is 1. The van der Waals surface area contributed by atoms with Crippen LogP contribution in [0.4, 0.5) is 5.69 Å². The number of sulfonamides is 1. The van der Waals surface area contributed by atoms with Crippen LogP contribution in [-0.2, 0) is 21.3 Å². The number of aliphatic imine (C=N–C) groups is 1. The third-order valence-electron chi connectivity index (χ3n) is 12.2. The molecule has 8 rings (SSSR count). The summed E-state index contributed by atoms with van der Waals surface area (Å²) in [7, 11) is -4.46. The van der Waals surface area contributed by atoms with Gasteiger partial charge in [-0.15, -0.1) is 0 Å². The lowest BCUT2D eigenvalue weighted by molar-refractivity contribution is 0.0591. The summed E-state index contributed by atoms with van der Waals surface area (Å²) in [6, 6.07) is 22.2. The highest BCUT2D eigenvalue weighted by Crippen LogP contribution is 2.43. The van der Waals surface area contributed by atoms with Crippen LogP contribution in [-0.4, -0.2) is 83.0 Å². The molecule has 4 heterocycles. The molecule has 3 aliphatic heterocycles. The number of rotatable bonds is 13. The van der Waals surface area contributed by atoms with Gasteiger partial charge >= 0.3 is 0 Å². The second kappa shape index (κ2) is 18.4. The number of carbonyl (C=O) groups is 1. The fourth-order valence-electron chi connectivity index (χ4n) is 8.56. The van der Waals surface area contributed by atoms with Crippen LogP contribution in [0, 0.1) is 22.7 Å². The third kappa shape index (κ3) is 10.1. The van der Waals surface area contributed by atoms with Gasteiger partial charge in [-0.25, -0.2) is 18.1 Å². The van der Waals surface area contributed by atoms with E-state index in [0.717, 1.165) is 99.3 Å². The maximum Gasteiger partial charge on any atom is 0.268 e. The number of anilines is 1. The van der Waals surface area contributed by atoms with Gasteiger partial charge in [-0.3, -0.25) is 14.7 Å². The Morgan fingerprint density at radius 3 is 2.59 bits per heavy atom. The molecule has 1 amide bonds. The van der Waals surface area contributed by atoms with Gasteiger partial charge in [-0.2, -0.15) is 5.26 Å². The van der Waals surface area contributed by atoms with Gasteiger partial charge in [0.05, 0.1) is 24.9 Å². The Bertz CT molecular complexity index is 2490. The molecule has 0 radical (unpaired) electrons. The lowest BCUT2D eigenvalue weighted by Gasteiger charge is -2.39. The normalized spacial score (nSPS) is 18.1. The van der Waals surface area contributed by atoms with Gasteiger partial charge in [0.1, 0.15) is 28.0 Å². The summed E-state index contributed by atoms with van der Waals surface area (Å²) in [5.41, 5.74) is 7.03. The van der Waals surface area contributed by atoms with Crippen LogP contribution < -0.4 is 19.1 Å². The number of benzene rings is 3. The zero-order valence-electron chi connectivity index (χ0n) is 34.7. The lowest BCUT2D eigenvalue weighted by atomic mass is 9.72. The Balaban J connectivity index is 0.987. The van der Waals surface area contributed by atoms with E-state index in [4.69, 9.17) is 25.8 Å². The van der Waals surface area contributed by atoms with Crippen LogP contribution in [0.2, 0.25) is 5.02 Å². The fraction of sp³-hybridized carbons (Fsp3) is 0.404. The molecule has 0 atom stereocenters. The van der Waals surface area contributed by atoms with E-state index in [0.29, 0.717) is 38.0 Å². The minimum atomic E-state index is -4.46. The Kier molecular flexibility index (Phi) is 12.8. The van der Waals surface area contributed by atoms with Crippen LogP contribution in [0.15, 0.2) is 88.4 Å². The fourth-order valence-corrected chi connectivity index (χ4v) is 9.63. The quantitative estimate of drug-likeness (QED) is 0.139. The molecule has 1 aliphatic carbocycles. The molecule has 1 aromatic heterocycles. The number of pyridine rings is 1. The van der Waals surface area contributed by atoms with E-state index in [-0.39, 0.29) is 33.1 Å². The number of nitrogens with zero attached hydrogens (tertiary/aromatic N) is 5. The number of allylic oxidation sites excluding steroid dienone is 1. The van der Waals surface area contributed by atoms with Gasteiger partial charge in [0.15, 0.2) is 0 Å². The maximum absolute atomic E-state index is 14.0. The van der Waals surface area contributed by atoms with Crippen molar-refractivity contribution in [3.05, 3.63) is 111 Å². The molecule has 0 saturated carbocycles. The topological polar surface area (TPSA) is 146 Å². The molecule has 3 aromatic carbocycles. The largest absolute Gasteiger partial charge is 0.477 e. The third-order valence-corrected chi connectivity index (χ3v) is 13.7. The number of amides is 1. The molecule has 12 nitrogen and oxygen atoms in total. The average molecular weight is 863 g/mol. The molecule has 318 valence electrons. The molecular weight excluding hydrogens is 812 g/mol. The lowest BCUT2D eigenvalue weighted by Crippen LogP contribution is -2.47. The Morgan fingerprint density at radius 2 is 1.82 bits per heavy atom. The molecule has 2 saturated heterocycles. The number of aromatic nitrogens is 1. The molecule has 0 unspecified atom stereocenters. The summed E-state index contributed by atoms with van der Waals surface area (Å²) in [4.78, 5) is 26.9. The average Bonchev–Trinajstić information content (AvgIpc) is 3.75. The predicted molar refractivity (Wildman–Crippen MR) is 236 cm³/mol. The van der Waals surface area contributed by atoms with Crippen molar-refractivity contribution in [3.8, 4) is 23.4 Å². The van der Waals surface area contributed by atoms with Crippen molar-refractivity contribution in [1.29, 1.82) is 5.26 Å². The smallest absolute Gasteiger partial charge is 0.268 e. The standard InChI is InChI=1S/C47H51ClN6O6S/c1-47(2)16-12-35(41(26-47)33-6-8-37(48)9-7-33)31-53-17-19-54(20-18-53)38-10-11-40(44(25-38)60-43-5-3-4-34-28-50-30-42(34)43)45(55)52-61(56,57)39-24-36(27-49)46(51-29-39)59-23-15-32-13-21-58-22-14-32/h3-11,24-25,29-30,32H,12-23,26,28,31H2,1-2H3,(H,52,55). The maximum atomic E-state index is 14.0. The molecule has 14 heteroatoms. The first kappa shape index (κ1) is 42.4. The van der Waals surface area contributed by atoms with Crippen molar-refractivity contribution in [1.82, 2.24) is 14.6 Å². The summed E-state index contributed by atoms with van der Waals surface area (Å²) in [5.74, 6) is 0.324. The second-order valence-electron chi connectivity index (χ2n) is 17.0. The molecule has 0 bridgehead atoms. The van der Waals surface area contributed by atoms with Crippen molar-refractivity contribution >= 4 is 45.0 Å². The first-order chi connectivity index (χ1) is 29.4. The van der Waals surface area contributed by atoms with Crippen molar-refractivity contribution in [2.45, 2.75) is 63.8 Å². The van der Waals surface area contributed by atoms with E-state index >= 15 is 0 Å². The van der Waals surface area contributed by atoms with E-state index in [1.807, 2.05) is 42.5 Å². The number of fused-ring (bicyclic) bond motifs is 1. The van der Waals surface area contributed by atoms with Gasteiger partial charge in [-0.05, 0) is 103 Å². The second-order valence-corrected chi connectivity index (χ2v) is 19.2. The van der Waals surface area contributed by atoms with E-state index in [1.54, 1.807) is 18.3 Å². The first-order valence-electron chi connectivity index (χ1n) is 21.0. The van der Waals surface area contributed by atoms with Crippen LogP contribution in [0.3, 0.4) is 0 Å². The predicted octanol–water partition coefficient (Wildman–Crippen LogP) is 8.43. The molecule has 4 aliphatic rings. The van der Waals surface area contributed by atoms with Crippen LogP contribution in [0.25, 0.3) is 5.57 Å². The summed E-state index contributed by atoms with van der Waals surface area (Å²) in [5, 5.41) is 10.6. The van der Waals surface area contributed by atoms with Crippen molar-refractivity contribution < 1.29 is 27.4 Å². The van der Waals surface area contributed by atoms with Gasteiger partial charge in [0, 0.05) is 74.5 Å². The number of hydrogen-bond acceptors (Lipinski definition) is 11. The highest BCUT2D eigenvalue weighted by molar-refractivity contribution is 7.90. The summed E-state index contributed by atoms with van der Waals surface area (Å²) >= 11 is 6.25. The number of halogens is 1. The van der Waals surface area contributed by atoms with Gasteiger partial charge in [0.2, 0.25) is 5.88 Å². The number of ether oxygens (including phenoxy) is 3. The highest BCUT2D eigenvalue weighted by atomic mass is 35.5. The Morgan fingerprint density at radius 1 is 1.03 bits per heavy atom. The van der Waals surface area contributed by atoms with Crippen molar-refractivity contribution in [2.75, 3.05) is 57.4 Å². The van der Waals surface area contributed by atoms with E-state index in [2.05, 4.69) is 50.5 Å². The molecule has 61 heavy (non-hydrogen) atoms. The molecule has 4 aromatic rings. The Hall–Kier alpha value is -5.26. The van der Waals surface area contributed by atoms with Crippen LogP contribution >= 0.6 is 11.6 Å². The molecule has 1 N–H and O–H groups in total. The van der Waals surface area contributed by atoms with Gasteiger partial charge in [0.25, 0.3) is 15.9 Å². The molecule has 2 fully saturated rings. The zero-order chi connectivity index (χ0) is 42.6. The van der Waals surface area contributed by atoms with E-state index in [9.17, 15) is 18.5 Å². The summed E-state index contributed by atoms with van der Waals surface area (Å²) in [6.45, 7) is 11.1. The van der Waals surface area contributed by atoms with Crippen molar-refractivity contribution in [2.24, 2.45) is 16.3 Å². The van der Waals surface area contributed by atoms with E-state index < -0.39 is 15.9 Å². The SMILES string of the molecule is CC1(C)CCC(CN2CCN(c3ccc(C(=O)NS(=O)(=O)c4cnc(OCCC5CCOCC5)c(C#N)c4)c(Oc4cccc5c4C=NC5)c3)CC2)=C(c2ccc(Cl)cc2)C1. The number of hydrogen-bond donors (Lipinski definition) is 1. The van der Waals surface area contributed by atoms with Crippen LogP contribution in [0.5, 0.6) is 17.4 Å². The van der Waals surface area contributed by atoms with Gasteiger partial charge in [-0.1, -0.05) is 55.3 Å². The number of piperazine rings is 1. The number of carbonyl (C=O) groups excluding carboxylic acids is 1.